The monoisotopic (exact) mass is 215 g/mol. The second-order valence-corrected chi connectivity index (χ2v) is 4.32. The van der Waals surface area contributed by atoms with Crippen LogP contribution in [0.5, 0.6) is 0 Å². The molecule has 0 saturated carbocycles. The summed E-state index contributed by atoms with van der Waals surface area (Å²) in [7, 11) is 2.00. The Labute approximate surface area is 96.7 Å². The molecule has 0 spiro atoms. The maximum absolute atomic E-state index is 8.73. The lowest BCUT2D eigenvalue weighted by atomic mass is 10.1. The van der Waals surface area contributed by atoms with E-state index in [0.717, 1.165) is 31.1 Å². The van der Waals surface area contributed by atoms with Crippen molar-refractivity contribution in [1.29, 1.82) is 5.26 Å². The minimum absolute atomic E-state index is 0.731. The predicted molar refractivity (Wildman–Crippen MR) is 65.4 cm³/mol. The van der Waals surface area contributed by atoms with E-state index < -0.39 is 0 Å². The van der Waals surface area contributed by atoms with Gasteiger partial charge in [-0.05, 0) is 50.2 Å². The van der Waals surface area contributed by atoms with Crippen LogP contribution in [0, 0.1) is 17.2 Å². The van der Waals surface area contributed by atoms with Gasteiger partial charge in [-0.3, -0.25) is 0 Å². The van der Waals surface area contributed by atoms with E-state index in [1.165, 1.54) is 12.1 Å². The Morgan fingerprint density at radius 3 is 2.81 bits per heavy atom. The van der Waals surface area contributed by atoms with Crippen molar-refractivity contribution in [1.82, 2.24) is 5.32 Å². The average molecular weight is 215 g/mol. The van der Waals surface area contributed by atoms with Gasteiger partial charge in [-0.1, -0.05) is 0 Å². The summed E-state index contributed by atoms with van der Waals surface area (Å²) >= 11 is 0. The molecular weight excluding hydrogens is 198 g/mol. The number of hydrogen-bond acceptors (Lipinski definition) is 3. The third-order valence-corrected chi connectivity index (χ3v) is 3.14. The molecule has 1 heterocycles. The molecule has 84 valence electrons. The molecule has 3 heteroatoms. The number of hydrogen-bond donors (Lipinski definition) is 1. The molecule has 0 bridgehead atoms. The fraction of sp³-hybridized carbons (Fsp3) is 0.462. The number of anilines is 1. The predicted octanol–water partition coefficient (Wildman–Crippen LogP) is 1.60. The Balaban J connectivity index is 2.00. The van der Waals surface area contributed by atoms with Crippen molar-refractivity contribution in [2.24, 2.45) is 5.92 Å². The van der Waals surface area contributed by atoms with Crippen LogP contribution in [0.25, 0.3) is 0 Å². The summed E-state index contributed by atoms with van der Waals surface area (Å²) in [6, 6.07) is 10.0. The van der Waals surface area contributed by atoms with Gasteiger partial charge in [-0.15, -0.1) is 0 Å². The van der Waals surface area contributed by atoms with Crippen molar-refractivity contribution in [3.8, 4) is 6.07 Å². The zero-order valence-electron chi connectivity index (χ0n) is 9.61. The first kappa shape index (κ1) is 11.0. The molecule has 2 rings (SSSR count). The zero-order valence-corrected chi connectivity index (χ0v) is 9.61. The fourth-order valence-electron chi connectivity index (χ4n) is 2.27. The van der Waals surface area contributed by atoms with Gasteiger partial charge in [0.05, 0.1) is 11.6 Å². The van der Waals surface area contributed by atoms with E-state index in [4.69, 9.17) is 5.26 Å². The van der Waals surface area contributed by atoms with Crippen molar-refractivity contribution in [3.05, 3.63) is 29.8 Å². The Morgan fingerprint density at radius 2 is 2.19 bits per heavy atom. The van der Waals surface area contributed by atoms with Crippen LogP contribution in [0.15, 0.2) is 24.3 Å². The summed E-state index contributed by atoms with van der Waals surface area (Å²) in [5.74, 6) is 0.751. The minimum atomic E-state index is 0.731. The molecule has 0 amide bonds. The summed E-state index contributed by atoms with van der Waals surface area (Å²) in [6.45, 7) is 3.33. The largest absolute Gasteiger partial charge is 0.371 e. The van der Waals surface area contributed by atoms with Crippen molar-refractivity contribution in [2.75, 3.05) is 31.6 Å². The third-order valence-electron chi connectivity index (χ3n) is 3.14. The van der Waals surface area contributed by atoms with Gasteiger partial charge in [-0.2, -0.15) is 5.26 Å². The molecule has 0 aliphatic carbocycles. The van der Waals surface area contributed by atoms with Crippen molar-refractivity contribution >= 4 is 5.69 Å². The van der Waals surface area contributed by atoms with Crippen LogP contribution >= 0.6 is 0 Å². The van der Waals surface area contributed by atoms with E-state index in [2.05, 4.69) is 16.3 Å². The highest BCUT2D eigenvalue weighted by atomic mass is 15.2. The minimum Gasteiger partial charge on any atom is -0.371 e. The molecule has 1 N–H and O–H groups in total. The molecule has 1 aliphatic rings. The number of nitrogens with one attached hydrogen (secondary N) is 1. The first-order valence-electron chi connectivity index (χ1n) is 5.73. The lowest BCUT2D eigenvalue weighted by Gasteiger charge is -2.18. The van der Waals surface area contributed by atoms with Gasteiger partial charge in [0.1, 0.15) is 0 Å². The van der Waals surface area contributed by atoms with Gasteiger partial charge in [0.2, 0.25) is 0 Å². The number of benzene rings is 1. The Morgan fingerprint density at radius 1 is 1.44 bits per heavy atom. The average Bonchev–Trinajstić information content (AvgIpc) is 2.78. The van der Waals surface area contributed by atoms with Crippen LogP contribution in [0.4, 0.5) is 5.69 Å². The smallest absolute Gasteiger partial charge is 0.0991 e. The Hall–Kier alpha value is -1.53. The van der Waals surface area contributed by atoms with Crippen molar-refractivity contribution in [3.63, 3.8) is 0 Å². The van der Waals surface area contributed by atoms with Crippen LogP contribution in [0.3, 0.4) is 0 Å². The van der Waals surface area contributed by atoms with Crippen molar-refractivity contribution in [2.45, 2.75) is 6.42 Å². The fourth-order valence-corrected chi connectivity index (χ4v) is 2.27. The topological polar surface area (TPSA) is 39.1 Å². The lowest BCUT2D eigenvalue weighted by Crippen LogP contribution is -2.24. The first-order valence-corrected chi connectivity index (χ1v) is 5.73. The normalized spacial score (nSPS) is 19.8. The van der Waals surface area contributed by atoms with E-state index in [1.807, 2.05) is 31.3 Å². The summed E-state index contributed by atoms with van der Waals surface area (Å²) in [5.41, 5.74) is 1.97. The molecule has 0 aromatic heterocycles. The van der Waals surface area contributed by atoms with Crippen LogP contribution in [0.2, 0.25) is 0 Å². The molecule has 0 radical (unpaired) electrons. The first-order chi connectivity index (χ1) is 7.83. The standard InChI is InChI=1S/C13H17N3/c1-15-9-12-6-7-16(10-12)13-4-2-11(8-14)3-5-13/h2-5,12,15H,6-7,9-10H2,1H3. The van der Waals surface area contributed by atoms with Crippen LogP contribution in [-0.4, -0.2) is 26.7 Å². The third kappa shape index (κ3) is 2.34. The molecule has 1 atom stereocenters. The Kier molecular flexibility index (Phi) is 3.43. The second-order valence-electron chi connectivity index (χ2n) is 4.32. The van der Waals surface area contributed by atoms with Gasteiger partial charge in [0.15, 0.2) is 0 Å². The van der Waals surface area contributed by atoms with Crippen LogP contribution in [-0.2, 0) is 0 Å². The van der Waals surface area contributed by atoms with E-state index in [9.17, 15) is 0 Å². The van der Waals surface area contributed by atoms with Gasteiger partial charge in [0.25, 0.3) is 0 Å². The summed E-state index contributed by atoms with van der Waals surface area (Å²) in [6.07, 6.45) is 1.25. The van der Waals surface area contributed by atoms with E-state index in [1.54, 1.807) is 0 Å². The summed E-state index contributed by atoms with van der Waals surface area (Å²) in [5, 5.41) is 12.0. The Bertz CT molecular complexity index is 377. The highest BCUT2D eigenvalue weighted by Gasteiger charge is 2.21. The van der Waals surface area contributed by atoms with Gasteiger partial charge in [-0.25, -0.2) is 0 Å². The van der Waals surface area contributed by atoms with E-state index >= 15 is 0 Å². The summed E-state index contributed by atoms with van der Waals surface area (Å²) in [4.78, 5) is 2.39. The van der Waals surface area contributed by atoms with Crippen LogP contribution < -0.4 is 10.2 Å². The molecule has 1 unspecified atom stereocenters. The number of nitriles is 1. The zero-order chi connectivity index (χ0) is 11.4. The van der Waals surface area contributed by atoms with Gasteiger partial charge < -0.3 is 10.2 Å². The maximum atomic E-state index is 8.73. The maximum Gasteiger partial charge on any atom is 0.0991 e. The van der Waals surface area contributed by atoms with Gasteiger partial charge in [0, 0.05) is 18.8 Å². The molecule has 16 heavy (non-hydrogen) atoms. The van der Waals surface area contributed by atoms with E-state index in [-0.39, 0.29) is 0 Å². The molecule has 1 saturated heterocycles. The van der Waals surface area contributed by atoms with E-state index in [0.29, 0.717) is 0 Å². The van der Waals surface area contributed by atoms with Gasteiger partial charge >= 0.3 is 0 Å². The molecular formula is C13H17N3. The number of nitrogens with zero attached hydrogens (tertiary/aromatic N) is 2. The highest BCUT2D eigenvalue weighted by molar-refractivity contribution is 5.50. The summed E-state index contributed by atoms with van der Waals surface area (Å²) < 4.78 is 0. The molecule has 1 aromatic carbocycles. The molecule has 3 nitrogen and oxygen atoms in total. The highest BCUT2D eigenvalue weighted by Crippen LogP contribution is 2.23. The molecule has 1 aliphatic heterocycles. The quantitative estimate of drug-likeness (QED) is 0.832. The molecule has 1 aromatic rings. The van der Waals surface area contributed by atoms with Crippen LogP contribution in [0.1, 0.15) is 12.0 Å². The van der Waals surface area contributed by atoms with Crippen molar-refractivity contribution < 1.29 is 0 Å². The number of rotatable bonds is 3. The SMILES string of the molecule is CNCC1CCN(c2ccc(C#N)cc2)C1. The second kappa shape index (κ2) is 5.00. The lowest BCUT2D eigenvalue weighted by molar-refractivity contribution is 0.549. The molecule has 1 fully saturated rings.